The van der Waals surface area contributed by atoms with Crippen molar-refractivity contribution in [2.75, 3.05) is 6.61 Å². The predicted octanol–water partition coefficient (Wildman–Crippen LogP) is 2.10. The van der Waals surface area contributed by atoms with E-state index in [1.807, 2.05) is 6.92 Å². The third kappa shape index (κ3) is 2.83. The molecule has 0 atom stereocenters. The molecule has 2 rings (SSSR count). The molecule has 0 aliphatic heterocycles. The second-order valence-corrected chi connectivity index (χ2v) is 4.65. The maximum Gasteiger partial charge on any atom is 0.250 e. The van der Waals surface area contributed by atoms with Crippen LogP contribution in [0.3, 0.4) is 0 Å². The molecule has 0 fully saturated rings. The first-order valence-electron chi connectivity index (χ1n) is 5.48. The molecule has 0 unspecified atom stereocenters. The van der Waals surface area contributed by atoms with Crippen LogP contribution in [-0.2, 0) is 13.0 Å². The SMILES string of the molecule is Cc1ncsc1CCOc1nccc(CO)c1F. The number of hydrogen-bond acceptors (Lipinski definition) is 5. The monoisotopic (exact) mass is 268 g/mol. The lowest BCUT2D eigenvalue weighted by atomic mass is 10.2. The van der Waals surface area contributed by atoms with Gasteiger partial charge in [-0.2, -0.15) is 0 Å². The number of hydrogen-bond donors (Lipinski definition) is 1. The number of aromatic nitrogens is 2. The Hall–Kier alpha value is -1.53. The Morgan fingerprint density at radius 1 is 1.44 bits per heavy atom. The Kier molecular flexibility index (Phi) is 4.22. The van der Waals surface area contributed by atoms with Crippen molar-refractivity contribution in [2.24, 2.45) is 0 Å². The minimum absolute atomic E-state index is 0.0660. The van der Waals surface area contributed by atoms with E-state index in [1.54, 1.807) is 16.8 Å². The normalized spacial score (nSPS) is 10.6. The summed E-state index contributed by atoms with van der Waals surface area (Å²) < 4.78 is 18.9. The molecule has 1 N–H and O–H groups in total. The molecule has 0 aliphatic carbocycles. The van der Waals surface area contributed by atoms with Crippen LogP contribution in [0.5, 0.6) is 5.88 Å². The zero-order chi connectivity index (χ0) is 13.0. The maximum absolute atomic E-state index is 13.7. The molecule has 0 spiro atoms. The minimum Gasteiger partial charge on any atom is -0.475 e. The van der Waals surface area contributed by atoms with Crippen LogP contribution in [0.25, 0.3) is 0 Å². The highest BCUT2D eigenvalue weighted by molar-refractivity contribution is 7.09. The molecule has 96 valence electrons. The topological polar surface area (TPSA) is 55.2 Å². The number of pyridine rings is 1. The molecule has 2 aromatic rings. The number of aliphatic hydroxyl groups is 1. The van der Waals surface area contributed by atoms with E-state index in [0.717, 1.165) is 10.6 Å². The van der Waals surface area contributed by atoms with Gasteiger partial charge in [-0.3, -0.25) is 0 Å². The second kappa shape index (κ2) is 5.88. The molecule has 2 heterocycles. The van der Waals surface area contributed by atoms with Crippen molar-refractivity contribution >= 4 is 11.3 Å². The van der Waals surface area contributed by atoms with E-state index in [2.05, 4.69) is 9.97 Å². The number of ether oxygens (including phenoxy) is 1. The number of halogens is 1. The zero-order valence-electron chi connectivity index (χ0n) is 9.89. The summed E-state index contributed by atoms with van der Waals surface area (Å²) in [6.45, 7) is 1.90. The molecule has 4 nitrogen and oxygen atoms in total. The lowest BCUT2D eigenvalue weighted by Gasteiger charge is -2.07. The Bertz CT molecular complexity index is 531. The summed E-state index contributed by atoms with van der Waals surface area (Å²) in [5.74, 6) is -0.662. The van der Waals surface area contributed by atoms with Gasteiger partial charge in [-0.1, -0.05) is 0 Å². The van der Waals surface area contributed by atoms with E-state index in [-0.39, 0.29) is 18.1 Å². The maximum atomic E-state index is 13.7. The van der Waals surface area contributed by atoms with Gasteiger partial charge in [0.25, 0.3) is 5.88 Å². The van der Waals surface area contributed by atoms with Crippen molar-refractivity contribution in [3.63, 3.8) is 0 Å². The third-order valence-corrected chi connectivity index (χ3v) is 3.52. The molecular weight excluding hydrogens is 255 g/mol. The van der Waals surface area contributed by atoms with Gasteiger partial charge in [-0.15, -0.1) is 11.3 Å². The van der Waals surface area contributed by atoms with E-state index < -0.39 is 5.82 Å². The fraction of sp³-hybridized carbons (Fsp3) is 0.333. The molecule has 0 saturated carbocycles. The highest BCUT2D eigenvalue weighted by atomic mass is 32.1. The third-order valence-electron chi connectivity index (χ3n) is 2.52. The van der Waals surface area contributed by atoms with Crippen molar-refractivity contribution in [2.45, 2.75) is 20.0 Å². The van der Waals surface area contributed by atoms with Gasteiger partial charge in [-0.05, 0) is 13.0 Å². The number of rotatable bonds is 5. The highest BCUT2D eigenvalue weighted by Gasteiger charge is 2.10. The van der Waals surface area contributed by atoms with E-state index in [1.165, 1.54) is 12.3 Å². The van der Waals surface area contributed by atoms with Crippen molar-refractivity contribution < 1.29 is 14.2 Å². The summed E-state index contributed by atoms with van der Waals surface area (Å²) >= 11 is 1.55. The van der Waals surface area contributed by atoms with Crippen molar-refractivity contribution in [1.29, 1.82) is 0 Å². The molecule has 0 saturated heterocycles. The van der Waals surface area contributed by atoms with Gasteiger partial charge in [0, 0.05) is 23.1 Å². The van der Waals surface area contributed by atoms with Gasteiger partial charge in [0.2, 0.25) is 0 Å². The number of thiazole rings is 1. The molecule has 0 bridgehead atoms. The fourth-order valence-corrected chi connectivity index (χ4v) is 2.25. The Balaban J connectivity index is 1.96. The van der Waals surface area contributed by atoms with Gasteiger partial charge < -0.3 is 9.84 Å². The van der Waals surface area contributed by atoms with Crippen LogP contribution < -0.4 is 4.74 Å². The highest BCUT2D eigenvalue weighted by Crippen LogP contribution is 2.18. The van der Waals surface area contributed by atoms with Gasteiger partial charge in [-0.25, -0.2) is 14.4 Å². The van der Waals surface area contributed by atoms with Crippen molar-refractivity contribution in [3.05, 3.63) is 39.7 Å². The summed E-state index contributed by atoms with van der Waals surface area (Å²) in [5.41, 5.74) is 2.94. The average molecular weight is 268 g/mol. The van der Waals surface area contributed by atoms with Crippen LogP contribution in [0, 0.1) is 12.7 Å². The van der Waals surface area contributed by atoms with Crippen LogP contribution in [0.1, 0.15) is 16.1 Å². The summed E-state index contributed by atoms with van der Waals surface area (Å²) in [6, 6.07) is 1.43. The first-order valence-corrected chi connectivity index (χ1v) is 6.36. The van der Waals surface area contributed by atoms with Crippen LogP contribution in [-0.4, -0.2) is 21.7 Å². The van der Waals surface area contributed by atoms with Crippen LogP contribution >= 0.6 is 11.3 Å². The lowest BCUT2D eigenvalue weighted by Crippen LogP contribution is -2.05. The Morgan fingerprint density at radius 2 is 2.28 bits per heavy atom. The van der Waals surface area contributed by atoms with E-state index in [9.17, 15) is 4.39 Å². The molecule has 0 aliphatic rings. The number of aliphatic hydroxyl groups excluding tert-OH is 1. The quantitative estimate of drug-likeness (QED) is 0.902. The summed E-state index contributed by atoms with van der Waals surface area (Å²) in [5, 5.41) is 8.92. The summed E-state index contributed by atoms with van der Waals surface area (Å²) in [6.07, 6.45) is 2.09. The molecule has 6 heteroatoms. The van der Waals surface area contributed by atoms with E-state index >= 15 is 0 Å². The first-order chi connectivity index (χ1) is 8.72. The molecule has 0 amide bonds. The number of nitrogens with zero attached hydrogens (tertiary/aromatic N) is 2. The van der Waals surface area contributed by atoms with Gasteiger partial charge in [0.1, 0.15) is 0 Å². The Labute approximate surface area is 108 Å². The fourth-order valence-electron chi connectivity index (χ4n) is 1.49. The predicted molar refractivity (Wildman–Crippen MR) is 66.2 cm³/mol. The second-order valence-electron chi connectivity index (χ2n) is 3.71. The average Bonchev–Trinajstić information content (AvgIpc) is 2.77. The van der Waals surface area contributed by atoms with E-state index in [0.29, 0.717) is 13.0 Å². The standard InChI is InChI=1S/C12H13FN2O2S/c1-8-10(18-7-15-8)3-5-17-12-11(13)9(6-16)2-4-14-12/h2,4,7,16H,3,5-6H2,1H3. The molecule has 18 heavy (non-hydrogen) atoms. The van der Waals surface area contributed by atoms with Crippen LogP contribution in [0.15, 0.2) is 17.8 Å². The lowest BCUT2D eigenvalue weighted by molar-refractivity contribution is 0.262. The van der Waals surface area contributed by atoms with Crippen molar-refractivity contribution in [3.8, 4) is 5.88 Å². The van der Waals surface area contributed by atoms with Crippen LogP contribution in [0.4, 0.5) is 4.39 Å². The Morgan fingerprint density at radius 3 is 2.94 bits per heavy atom. The summed E-state index contributed by atoms with van der Waals surface area (Å²) in [7, 11) is 0. The number of aryl methyl sites for hydroxylation is 1. The minimum atomic E-state index is -0.596. The first kappa shape index (κ1) is 12.9. The van der Waals surface area contributed by atoms with Gasteiger partial charge in [0.15, 0.2) is 5.82 Å². The zero-order valence-corrected chi connectivity index (χ0v) is 10.7. The van der Waals surface area contributed by atoms with Crippen molar-refractivity contribution in [1.82, 2.24) is 9.97 Å². The molecule has 0 radical (unpaired) electrons. The molecule has 0 aromatic carbocycles. The molecular formula is C12H13FN2O2S. The van der Waals surface area contributed by atoms with E-state index in [4.69, 9.17) is 9.84 Å². The van der Waals surface area contributed by atoms with Gasteiger partial charge >= 0.3 is 0 Å². The van der Waals surface area contributed by atoms with Gasteiger partial charge in [0.05, 0.1) is 24.4 Å². The summed E-state index contributed by atoms with van der Waals surface area (Å²) in [4.78, 5) is 9.05. The largest absolute Gasteiger partial charge is 0.475 e. The smallest absolute Gasteiger partial charge is 0.250 e. The van der Waals surface area contributed by atoms with Crippen LogP contribution in [0.2, 0.25) is 0 Å². The molecule has 2 aromatic heterocycles.